The predicted octanol–water partition coefficient (Wildman–Crippen LogP) is 5.36. The SMILES string of the molecule is Cc1ccc(S(=O)(=O)N(c2ccc(C)c(F)c2)C2CCN(Cc3ccsc3)CC2)cc1. The van der Waals surface area contributed by atoms with Crippen LogP contribution in [0.4, 0.5) is 10.1 Å². The van der Waals surface area contributed by atoms with Crippen LogP contribution in [0.2, 0.25) is 0 Å². The van der Waals surface area contributed by atoms with E-state index in [1.807, 2.05) is 6.92 Å². The van der Waals surface area contributed by atoms with Crippen molar-refractivity contribution in [3.63, 3.8) is 0 Å². The van der Waals surface area contributed by atoms with Crippen molar-refractivity contribution < 1.29 is 12.8 Å². The molecule has 31 heavy (non-hydrogen) atoms. The Morgan fingerprint density at radius 3 is 2.39 bits per heavy atom. The summed E-state index contributed by atoms with van der Waals surface area (Å²) in [5.41, 5.74) is 3.17. The highest BCUT2D eigenvalue weighted by atomic mass is 32.2. The highest BCUT2D eigenvalue weighted by Crippen LogP contribution is 2.32. The van der Waals surface area contributed by atoms with Crippen LogP contribution < -0.4 is 4.31 Å². The Morgan fingerprint density at radius 2 is 1.77 bits per heavy atom. The lowest BCUT2D eigenvalue weighted by atomic mass is 10.0. The second-order valence-electron chi connectivity index (χ2n) is 8.19. The molecule has 0 bridgehead atoms. The minimum Gasteiger partial charge on any atom is -0.299 e. The zero-order valence-electron chi connectivity index (χ0n) is 17.8. The maximum absolute atomic E-state index is 14.4. The highest BCUT2D eigenvalue weighted by molar-refractivity contribution is 7.92. The van der Waals surface area contributed by atoms with Gasteiger partial charge in [-0.15, -0.1) is 0 Å². The molecule has 1 aromatic heterocycles. The fourth-order valence-electron chi connectivity index (χ4n) is 4.04. The van der Waals surface area contributed by atoms with E-state index in [2.05, 4.69) is 21.7 Å². The van der Waals surface area contributed by atoms with Gasteiger partial charge in [-0.25, -0.2) is 12.8 Å². The van der Waals surface area contributed by atoms with Gasteiger partial charge in [-0.3, -0.25) is 9.21 Å². The van der Waals surface area contributed by atoms with Crippen molar-refractivity contribution in [1.29, 1.82) is 0 Å². The maximum Gasteiger partial charge on any atom is 0.264 e. The summed E-state index contributed by atoms with van der Waals surface area (Å²) in [6.45, 7) is 6.08. The normalized spacial score (nSPS) is 15.8. The van der Waals surface area contributed by atoms with Gasteiger partial charge in [-0.2, -0.15) is 11.3 Å². The van der Waals surface area contributed by atoms with E-state index in [-0.39, 0.29) is 10.9 Å². The molecule has 0 spiro atoms. The van der Waals surface area contributed by atoms with Gasteiger partial charge in [0.25, 0.3) is 10.0 Å². The summed E-state index contributed by atoms with van der Waals surface area (Å²) >= 11 is 1.69. The molecule has 0 unspecified atom stereocenters. The summed E-state index contributed by atoms with van der Waals surface area (Å²) in [7, 11) is -3.82. The third-order valence-corrected chi connectivity index (χ3v) is 8.49. The average Bonchev–Trinajstić information content (AvgIpc) is 3.25. The van der Waals surface area contributed by atoms with Gasteiger partial charge in [0.2, 0.25) is 0 Å². The molecule has 0 saturated carbocycles. The van der Waals surface area contributed by atoms with Gasteiger partial charge in [-0.05, 0) is 78.9 Å². The topological polar surface area (TPSA) is 40.6 Å². The molecular weight excluding hydrogens is 431 g/mol. The molecule has 1 aliphatic heterocycles. The summed E-state index contributed by atoms with van der Waals surface area (Å²) < 4.78 is 43.2. The number of benzene rings is 2. The molecule has 0 N–H and O–H groups in total. The van der Waals surface area contributed by atoms with Crippen molar-refractivity contribution in [2.45, 2.75) is 44.2 Å². The van der Waals surface area contributed by atoms with Crippen molar-refractivity contribution in [3.8, 4) is 0 Å². The maximum atomic E-state index is 14.4. The second kappa shape index (κ2) is 9.10. The number of halogens is 1. The van der Waals surface area contributed by atoms with Gasteiger partial charge in [0.15, 0.2) is 0 Å². The first-order chi connectivity index (χ1) is 14.8. The van der Waals surface area contributed by atoms with E-state index in [1.54, 1.807) is 54.7 Å². The summed E-state index contributed by atoms with van der Waals surface area (Å²) in [5.74, 6) is -0.392. The van der Waals surface area contributed by atoms with Crippen LogP contribution in [-0.2, 0) is 16.6 Å². The molecule has 0 radical (unpaired) electrons. The Hall–Kier alpha value is -2.22. The number of hydrogen-bond donors (Lipinski definition) is 0. The number of aryl methyl sites for hydroxylation is 2. The van der Waals surface area contributed by atoms with Crippen molar-refractivity contribution in [3.05, 3.63) is 81.8 Å². The third-order valence-electron chi connectivity index (χ3n) is 5.86. The molecule has 2 aromatic carbocycles. The third kappa shape index (κ3) is 4.84. The van der Waals surface area contributed by atoms with E-state index >= 15 is 0 Å². The first-order valence-electron chi connectivity index (χ1n) is 10.5. The lowest BCUT2D eigenvalue weighted by Gasteiger charge is -2.39. The van der Waals surface area contributed by atoms with Crippen LogP contribution in [0.1, 0.15) is 29.5 Å². The van der Waals surface area contributed by atoms with E-state index in [1.165, 1.54) is 15.9 Å². The lowest BCUT2D eigenvalue weighted by molar-refractivity contribution is 0.207. The summed E-state index contributed by atoms with van der Waals surface area (Å²) in [5, 5.41) is 4.22. The Bertz CT molecular complexity index is 1120. The van der Waals surface area contributed by atoms with Crippen LogP contribution in [0.5, 0.6) is 0 Å². The quantitative estimate of drug-likeness (QED) is 0.499. The zero-order chi connectivity index (χ0) is 22.0. The summed E-state index contributed by atoms with van der Waals surface area (Å²) in [4.78, 5) is 2.59. The Morgan fingerprint density at radius 1 is 1.06 bits per heavy atom. The lowest BCUT2D eigenvalue weighted by Crippen LogP contribution is -2.47. The number of rotatable bonds is 6. The number of piperidine rings is 1. The Balaban J connectivity index is 1.63. The molecule has 1 aliphatic rings. The van der Waals surface area contributed by atoms with Gasteiger partial charge >= 0.3 is 0 Å². The smallest absolute Gasteiger partial charge is 0.264 e. The van der Waals surface area contributed by atoms with Gasteiger partial charge in [0, 0.05) is 25.7 Å². The summed E-state index contributed by atoms with van der Waals surface area (Å²) in [6.07, 6.45) is 1.40. The van der Waals surface area contributed by atoms with E-state index in [0.717, 1.165) is 25.2 Å². The van der Waals surface area contributed by atoms with E-state index in [4.69, 9.17) is 0 Å². The predicted molar refractivity (Wildman–Crippen MR) is 125 cm³/mol. The number of sulfonamides is 1. The molecule has 0 aliphatic carbocycles. The molecule has 1 fully saturated rings. The van der Waals surface area contributed by atoms with Crippen molar-refractivity contribution in [2.24, 2.45) is 0 Å². The number of hydrogen-bond acceptors (Lipinski definition) is 4. The summed E-state index contributed by atoms with van der Waals surface area (Å²) in [6, 6.07) is 13.5. The molecule has 164 valence electrons. The van der Waals surface area contributed by atoms with E-state index in [0.29, 0.717) is 24.1 Å². The van der Waals surface area contributed by atoms with Crippen molar-refractivity contribution in [1.82, 2.24) is 4.90 Å². The fourth-order valence-corrected chi connectivity index (χ4v) is 6.40. The Kier molecular flexibility index (Phi) is 6.46. The molecular formula is C24H27FN2O2S2. The molecule has 4 nitrogen and oxygen atoms in total. The van der Waals surface area contributed by atoms with Gasteiger partial charge in [0.05, 0.1) is 10.6 Å². The number of anilines is 1. The number of likely N-dealkylation sites (tertiary alicyclic amines) is 1. The van der Waals surface area contributed by atoms with Crippen molar-refractivity contribution in [2.75, 3.05) is 17.4 Å². The largest absolute Gasteiger partial charge is 0.299 e. The van der Waals surface area contributed by atoms with Crippen LogP contribution in [0.3, 0.4) is 0 Å². The van der Waals surface area contributed by atoms with E-state index in [9.17, 15) is 12.8 Å². The standard InChI is InChI=1S/C24H27FN2O2S2/c1-18-3-7-23(8-4-18)31(28,29)27(22-6-5-19(2)24(25)15-22)21-9-12-26(13-10-21)16-20-11-14-30-17-20/h3-8,11,14-15,17,21H,9-10,12-13,16H2,1-2H3. The average molecular weight is 459 g/mol. The molecule has 0 amide bonds. The van der Waals surface area contributed by atoms with Gasteiger partial charge in [-0.1, -0.05) is 23.8 Å². The van der Waals surface area contributed by atoms with Crippen LogP contribution in [-0.4, -0.2) is 32.4 Å². The fraction of sp³-hybridized carbons (Fsp3) is 0.333. The number of nitrogens with zero attached hydrogens (tertiary/aromatic N) is 2. The zero-order valence-corrected chi connectivity index (χ0v) is 19.4. The van der Waals surface area contributed by atoms with Crippen LogP contribution in [0, 0.1) is 19.7 Å². The van der Waals surface area contributed by atoms with Crippen LogP contribution >= 0.6 is 11.3 Å². The van der Waals surface area contributed by atoms with Gasteiger partial charge in [0.1, 0.15) is 5.82 Å². The molecule has 1 saturated heterocycles. The van der Waals surface area contributed by atoms with Crippen LogP contribution in [0.25, 0.3) is 0 Å². The monoisotopic (exact) mass is 458 g/mol. The first kappa shape index (κ1) is 22.0. The molecule has 7 heteroatoms. The molecule has 2 heterocycles. The first-order valence-corrected chi connectivity index (χ1v) is 12.8. The molecule has 0 atom stereocenters. The molecule has 4 rings (SSSR count). The highest BCUT2D eigenvalue weighted by Gasteiger charge is 2.34. The van der Waals surface area contributed by atoms with Gasteiger partial charge < -0.3 is 0 Å². The minimum atomic E-state index is -3.82. The number of thiophene rings is 1. The Labute approximate surface area is 188 Å². The van der Waals surface area contributed by atoms with Crippen LogP contribution in [0.15, 0.2) is 64.2 Å². The van der Waals surface area contributed by atoms with Crippen molar-refractivity contribution >= 4 is 27.0 Å². The van der Waals surface area contributed by atoms with E-state index < -0.39 is 15.8 Å². The minimum absolute atomic E-state index is 0.216. The second-order valence-corrected chi connectivity index (χ2v) is 10.8. The molecule has 3 aromatic rings.